The molecule has 0 aliphatic carbocycles. The van der Waals surface area contributed by atoms with E-state index in [1.54, 1.807) is 6.92 Å². The Morgan fingerprint density at radius 2 is 2.29 bits per heavy atom. The number of carbonyl (C=O) groups excluding carboxylic acids is 2. The summed E-state index contributed by atoms with van der Waals surface area (Å²) in [5.41, 5.74) is 5.88. The zero-order chi connectivity index (χ0) is 15.4. The number of amides is 2. The van der Waals surface area contributed by atoms with E-state index in [-0.39, 0.29) is 24.0 Å². The number of nitrogens with two attached hydrogens (primary N) is 1. The topological polar surface area (TPSA) is 87.5 Å². The lowest BCUT2D eigenvalue weighted by Crippen LogP contribution is -2.45. The second-order valence-corrected chi connectivity index (χ2v) is 5.08. The maximum absolute atomic E-state index is 13.1. The molecule has 7 heteroatoms. The van der Waals surface area contributed by atoms with Crippen LogP contribution in [0, 0.1) is 5.82 Å². The lowest BCUT2D eigenvalue weighted by atomic mass is 10.2. The molecule has 0 bridgehead atoms. The van der Waals surface area contributed by atoms with Gasteiger partial charge in [0.15, 0.2) is 0 Å². The molecule has 1 aromatic carbocycles. The van der Waals surface area contributed by atoms with Gasteiger partial charge >= 0.3 is 0 Å². The van der Waals surface area contributed by atoms with Gasteiger partial charge in [0.05, 0.1) is 18.3 Å². The number of halogens is 1. The first-order valence-electron chi connectivity index (χ1n) is 6.84. The van der Waals surface area contributed by atoms with Crippen molar-refractivity contribution in [2.45, 2.75) is 19.4 Å². The minimum atomic E-state index is -0.523. The highest BCUT2D eigenvalue weighted by Crippen LogP contribution is 2.17. The Morgan fingerprint density at radius 1 is 1.52 bits per heavy atom. The molecular formula is C14H19FN4O2. The predicted octanol–water partition coefficient (Wildman–Crippen LogP) is 0.557. The maximum atomic E-state index is 13.1. The molecule has 0 spiro atoms. The summed E-state index contributed by atoms with van der Waals surface area (Å²) in [5.74, 6) is -0.862. The van der Waals surface area contributed by atoms with Gasteiger partial charge in [0.2, 0.25) is 11.8 Å². The van der Waals surface area contributed by atoms with Crippen LogP contribution in [0.2, 0.25) is 0 Å². The van der Waals surface area contributed by atoms with Crippen LogP contribution < -0.4 is 16.4 Å². The summed E-state index contributed by atoms with van der Waals surface area (Å²) < 4.78 is 13.1. The summed E-state index contributed by atoms with van der Waals surface area (Å²) in [7, 11) is 0. The minimum Gasteiger partial charge on any atom is -0.396 e. The predicted molar refractivity (Wildman–Crippen MR) is 78.1 cm³/mol. The molecule has 0 aromatic heterocycles. The fraction of sp³-hybridized carbons (Fsp3) is 0.429. The van der Waals surface area contributed by atoms with Crippen molar-refractivity contribution in [1.82, 2.24) is 10.2 Å². The fourth-order valence-corrected chi connectivity index (χ4v) is 2.19. The molecule has 1 unspecified atom stereocenters. The molecular weight excluding hydrogens is 275 g/mol. The highest BCUT2D eigenvalue weighted by Gasteiger charge is 2.24. The number of hydrogen-bond donors (Lipinski definition) is 3. The number of nitrogens with one attached hydrogen (secondary N) is 2. The number of benzene rings is 1. The summed E-state index contributed by atoms with van der Waals surface area (Å²) in [6.45, 7) is 3.22. The molecule has 1 aliphatic rings. The first-order chi connectivity index (χ1) is 9.97. The van der Waals surface area contributed by atoms with E-state index in [1.165, 1.54) is 18.2 Å². The first-order valence-corrected chi connectivity index (χ1v) is 6.84. The molecule has 0 radical (unpaired) electrons. The quantitative estimate of drug-likeness (QED) is 0.711. The van der Waals surface area contributed by atoms with Crippen LogP contribution in [0.5, 0.6) is 0 Å². The van der Waals surface area contributed by atoms with Crippen LogP contribution in [0.1, 0.15) is 13.3 Å². The van der Waals surface area contributed by atoms with Gasteiger partial charge in [0.25, 0.3) is 0 Å². The van der Waals surface area contributed by atoms with Gasteiger partial charge in [-0.3, -0.25) is 14.5 Å². The van der Waals surface area contributed by atoms with Gasteiger partial charge in [-0.05, 0) is 31.5 Å². The second kappa shape index (κ2) is 6.53. The van der Waals surface area contributed by atoms with Gasteiger partial charge < -0.3 is 16.4 Å². The summed E-state index contributed by atoms with van der Waals surface area (Å²) in [6.07, 6.45) is 0.798. The van der Waals surface area contributed by atoms with Gasteiger partial charge in [0.1, 0.15) is 5.82 Å². The Hall–Kier alpha value is -2.15. The summed E-state index contributed by atoms with van der Waals surface area (Å²) in [4.78, 5) is 25.5. The van der Waals surface area contributed by atoms with Gasteiger partial charge in [0, 0.05) is 18.8 Å². The molecule has 1 fully saturated rings. The largest absolute Gasteiger partial charge is 0.396 e. The number of carbonyl (C=O) groups is 2. The number of anilines is 2. The summed E-state index contributed by atoms with van der Waals surface area (Å²) in [6, 6.07) is 3.57. The van der Waals surface area contributed by atoms with Crippen molar-refractivity contribution in [1.29, 1.82) is 0 Å². The van der Waals surface area contributed by atoms with E-state index in [2.05, 4.69) is 10.6 Å². The molecule has 114 valence electrons. The molecule has 21 heavy (non-hydrogen) atoms. The molecule has 2 rings (SSSR count). The number of nitrogens with zero attached hydrogens (tertiary/aromatic N) is 1. The molecule has 4 N–H and O–H groups in total. The standard InChI is InChI=1S/C14H19FN4O2/c1-9(19-6-2-5-17-13(20)8-19)14(21)18-10-3-4-11(15)12(16)7-10/h3-4,7,9H,2,5-6,8,16H2,1H3,(H,17,20)(H,18,21). The van der Waals surface area contributed by atoms with E-state index in [9.17, 15) is 14.0 Å². The zero-order valence-electron chi connectivity index (χ0n) is 11.9. The Bertz CT molecular complexity index is 550. The van der Waals surface area contributed by atoms with Gasteiger partial charge in [-0.25, -0.2) is 4.39 Å². The van der Waals surface area contributed by atoms with Crippen molar-refractivity contribution in [2.24, 2.45) is 0 Å². The van der Waals surface area contributed by atoms with Crippen molar-refractivity contribution in [2.75, 3.05) is 30.7 Å². The molecule has 6 nitrogen and oxygen atoms in total. The monoisotopic (exact) mass is 294 g/mol. The van der Waals surface area contributed by atoms with Crippen LogP contribution in [0.4, 0.5) is 15.8 Å². The second-order valence-electron chi connectivity index (χ2n) is 5.08. The molecule has 0 saturated carbocycles. The van der Waals surface area contributed by atoms with E-state index in [0.29, 0.717) is 18.8 Å². The van der Waals surface area contributed by atoms with E-state index in [0.717, 1.165) is 6.42 Å². The third-order valence-corrected chi connectivity index (χ3v) is 3.48. The van der Waals surface area contributed by atoms with E-state index in [4.69, 9.17) is 5.73 Å². The summed E-state index contributed by atoms with van der Waals surface area (Å²) >= 11 is 0. The van der Waals surface area contributed by atoms with Gasteiger partial charge in [-0.1, -0.05) is 0 Å². The average Bonchev–Trinajstić information content (AvgIpc) is 2.66. The lowest BCUT2D eigenvalue weighted by molar-refractivity contribution is -0.124. The van der Waals surface area contributed by atoms with Crippen molar-refractivity contribution < 1.29 is 14.0 Å². The third-order valence-electron chi connectivity index (χ3n) is 3.48. The first kappa shape index (κ1) is 15.2. The maximum Gasteiger partial charge on any atom is 0.241 e. The van der Waals surface area contributed by atoms with Crippen molar-refractivity contribution in [3.05, 3.63) is 24.0 Å². The third kappa shape index (κ3) is 3.91. The Labute approximate surface area is 122 Å². The van der Waals surface area contributed by atoms with Crippen LogP contribution in [-0.2, 0) is 9.59 Å². The summed E-state index contributed by atoms with van der Waals surface area (Å²) in [5, 5.41) is 5.44. The van der Waals surface area contributed by atoms with E-state index < -0.39 is 11.9 Å². The highest BCUT2D eigenvalue weighted by atomic mass is 19.1. The van der Waals surface area contributed by atoms with Gasteiger partial charge in [-0.15, -0.1) is 0 Å². The lowest BCUT2D eigenvalue weighted by Gasteiger charge is -2.25. The van der Waals surface area contributed by atoms with E-state index in [1.807, 2.05) is 4.90 Å². The SMILES string of the molecule is CC(C(=O)Nc1ccc(F)c(N)c1)N1CCCNC(=O)C1. The Kier molecular flexibility index (Phi) is 4.74. The highest BCUT2D eigenvalue weighted by molar-refractivity contribution is 5.95. The van der Waals surface area contributed by atoms with E-state index >= 15 is 0 Å². The number of rotatable bonds is 3. The van der Waals surface area contributed by atoms with Gasteiger partial charge in [-0.2, -0.15) is 0 Å². The van der Waals surface area contributed by atoms with Crippen molar-refractivity contribution in [3.63, 3.8) is 0 Å². The number of nitrogen functional groups attached to an aromatic ring is 1. The fourth-order valence-electron chi connectivity index (χ4n) is 2.19. The average molecular weight is 294 g/mol. The smallest absolute Gasteiger partial charge is 0.241 e. The number of hydrogen-bond acceptors (Lipinski definition) is 4. The minimum absolute atomic E-state index is 0.0189. The van der Waals surface area contributed by atoms with Crippen molar-refractivity contribution in [3.8, 4) is 0 Å². The Balaban J connectivity index is 2.01. The van der Waals surface area contributed by atoms with Crippen LogP contribution >= 0.6 is 0 Å². The molecule has 1 aromatic rings. The molecule has 2 amide bonds. The molecule has 1 aliphatic heterocycles. The zero-order valence-corrected chi connectivity index (χ0v) is 11.9. The normalized spacial score (nSPS) is 17.7. The van der Waals surface area contributed by atoms with Crippen LogP contribution in [0.3, 0.4) is 0 Å². The molecule has 1 saturated heterocycles. The molecule has 1 heterocycles. The molecule has 1 atom stereocenters. The van der Waals surface area contributed by atoms with Crippen molar-refractivity contribution >= 4 is 23.2 Å². The van der Waals surface area contributed by atoms with Crippen LogP contribution in [0.15, 0.2) is 18.2 Å². The Morgan fingerprint density at radius 3 is 3.00 bits per heavy atom. The van der Waals surface area contributed by atoms with Crippen LogP contribution in [-0.4, -0.2) is 42.4 Å². The van der Waals surface area contributed by atoms with Crippen LogP contribution in [0.25, 0.3) is 0 Å².